The number of aromatic nitrogens is 1. The molecule has 0 N–H and O–H groups in total. The minimum Gasteiger partial charge on any atom is -0.488 e. The molecule has 1 aromatic carbocycles. The number of halogens is 1. The Morgan fingerprint density at radius 2 is 1.66 bits per heavy atom. The van der Waals surface area contributed by atoms with Crippen LogP contribution in [0, 0.1) is 5.82 Å². The first-order valence-electron chi connectivity index (χ1n) is 16.2. The molecule has 9 nitrogen and oxygen atoms in total. The minimum atomic E-state index is -0.549. The second kappa shape index (κ2) is 16.0. The lowest BCUT2D eigenvalue weighted by molar-refractivity contribution is -0.159. The maximum Gasteiger partial charge on any atom is 0.223 e. The lowest BCUT2D eigenvalue weighted by Crippen LogP contribution is -2.63. The van der Waals surface area contributed by atoms with Crippen LogP contribution >= 0.6 is 0 Å². The lowest BCUT2D eigenvalue weighted by atomic mass is 10.1. The molecule has 2 aliphatic rings. The van der Waals surface area contributed by atoms with Gasteiger partial charge in [0, 0.05) is 64.9 Å². The van der Waals surface area contributed by atoms with E-state index in [1.807, 2.05) is 63.8 Å². The summed E-state index contributed by atoms with van der Waals surface area (Å²) < 4.78 is 32.5. The molecule has 2 saturated heterocycles. The van der Waals surface area contributed by atoms with Crippen molar-refractivity contribution in [1.82, 2.24) is 19.7 Å². The van der Waals surface area contributed by atoms with E-state index in [0.717, 1.165) is 57.1 Å². The Morgan fingerprint density at radius 3 is 2.25 bits per heavy atom. The number of nitrogens with zero attached hydrogens (tertiary/aromatic N) is 5. The summed E-state index contributed by atoms with van der Waals surface area (Å²) in [6, 6.07) is 11.4. The van der Waals surface area contributed by atoms with Crippen LogP contribution in [0.25, 0.3) is 0 Å². The molecule has 244 valence electrons. The van der Waals surface area contributed by atoms with Crippen LogP contribution < -0.4 is 9.64 Å². The number of piperazine rings is 1. The van der Waals surface area contributed by atoms with Crippen molar-refractivity contribution in [2.75, 3.05) is 70.5 Å². The summed E-state index contributed by atoms with van der Waals surface area (Å²) in [6.45, 7) is 20.4. The molecule has 0 unspecified atom stereocenters. The number of hydrogen-bond acceptors (Lipinski definition) is 8. The highest BCUT2D eigenvalue weighted by atomic mass is 19.1. The van der Waals surface area contributed by atoms with E-state index in [4.69, 9.17) is 19.2 Å². The van der Waals surface area contributed by atoms with Gasteiger partial charge in [0.25, 0.3) is 0 Å². The molecule has 2 fully saturated rings. The molecule has 0 aliphatic carbocycles. The van der Waals surface area contributed by atoms with Crippen molar-refractivity contribution in [1.29, 1.82) is 0 Å². The number of amides is 1. The first-order chi connectivity index (χ1) is 21.1. The third kappa shape index (κ3) is 9.86. The Morgan fingerprint density at radius 1 is 1.00 bits per heavy atom. The van der Waals surface area contributed by atoms with Crippen molar-refractivity contribution < 1.29 is 23.4 Å². The monoisotopic (exact) mass is 613 g/mol. The molecule has 0 bridgehead atoms. The maximum atomic E-state index is 15.0. The molecule has 1 amide bonds. The van der Waals surface area contributed by atoms with Crippen molar-refractivity contribution >= 4 is 11.7 Å². The van der Waals surface area contributed by atoms with Crippen molar-refractivity contribution in [3.05, 3.63) is 53.5 Å². The smallest absolute Gasteiger partial charge is 0.223 e. The molecule has 44 heavy (non-hydrogen) atoms. The van der Waals surface area contributed by atoms with Gasteiger partial charge in [0.1, 0.15) is 11.4 Å². The van der Waals surface area contributed by atoms with Gasteiger partial charge < -0.3 is 28.9 Å². The van der Waals surface area contributed by atoms with Crippen molar-refractivity contribution in [2.24, 2.45) is 0 Å². The summed E-state index contributed by atoms with van der Waals surface area (Å²) in [6.07, 6.45) is 0.354. The molecule has 0 radical (unpaired) electrons. The Hall–Kier alpha value is -2.79. The highest BCUT2D eigenvalue weighted by molar-refractivity contribution is 5.76. The molecule has 0 spiro atoms. The van der Waals surface area contributed by atoms with Crippen molar-refractivity contribution in [3.63, 3.8) is 0 Å². The summed E-state index contributed by atoms with van der Waals surface area (Å²) in [5, 5.41) is 0. The Labute approximate surface area is 263 Å². The third-order valence-corrected chi connectivity index (χ3v) is 8.17. The van der Waals surface area contributed by atoms with Crippen LogP contribution in [0.4, 0.5) is 10.2 Å². The highest BCUT2D eigenvalue weighted by Crippen LogP contribution is 2.26. The van der Waals surface area contributed by atoms with Gasteiger partial charge in [-0.1, -0.05) is 19.1 Å². The maximum absolute atomic E-state index is 15.0. The molecule has 2 aliphatic heterocycles. The van der Waals surface area contributed by atoms with E-state index in [1.165, 1.54) is 6.07 Å². The number of hydrogen-bond donors (Lipinski definition) is 0. The molecular formula is C34H52FN5O4. The number of benzene rings is 1. The van der Waals surface area contributed by atoms with Crippen LogP contribution in [0.2, 0.25) is 0 Å². The van der Waals surface area contributed by atoms with Crippen LogP contribution in [-0.2, 0) is 27.2 Å². The van der Waals surface area contributed by atoms with Gasteiger partial charge in [-0.2, -0.15) is 0 Å². The number of likely N-dealkylation sites (N-methyl/N-ethyl adjacent to an activating group) is 1. The zero-order chi connectivity index (χ0) is 31.7. The van der Waals surface area contributed by atoms with Crippen molar-refractivity contribution in [2.45, 2.75) is 78.9 Å². The number of carbonyl (C=O) groups excluding carboxylic acids is 1. The first kappa shape index (κ1) is 34.1. The van der Waals surface area contributed by atoms with E-state index in [9.17, 15) is 9.18 Å². The highest BCUT2D eigenvalue weighted by Gasteiger charge is 2.35. The van der Waals surface area contributed by atoms with Gasteiger partial charge in [0.2, 0.25) is 5.91 Å². The summed E-state index contributed by atoms with van der Waals surface area (Å²) >= 11 is 0. The van der Waals surface area contributed by atoms with Crippen LogP contribution in [0.15, 0.2) is 36.4 Å². The summed E-state index contributed by atoms with van der Waals surface area (Å²) in [4.78, 5) is 27.0. The molecule has 2 aromatic rings. The molecule has 3 heterocycles. The molecule has 10 heteroatoms. The van der Waals surface area contributed by atoms with E-state index < -0.39 is 6.29 Å². The van der Waals surface area contributed by atoms with E-state index in [0.29, 0.717) is 43.6 Å². The van der Waals surface area contributed by atoms with Gasteiger partial charge in [-0.05, 0) is 77.4 Å². The topological polar surface area (TPSA) is 70.6 Å². The standard InChI is InChI=1S/C34H52FN5O4/c1-7-37-18-20-38(21-19-37)28-23-40(24-28)33-30(35)16-13-27(36-33)22-39(25-32(42-8-2)43-9-3)31(41)17-12-26-10-14-29(15-11-26)44-34(4,5)6/h10-11,13-16,28,32H,7-9,12,17-25H2,1-6H3. The van der Waals surface area contributed by atoms with Gasteiger partial charge in [-0.15, -0.1) is 0 Å². The normalized spacial score (nSPS) is 16.8. The van der Waals surface area contributed by atoms with Crippen LogP contribution in [0.1, 0.15) is 59.2 Å². The zero-order valence-electron chi connectivity index (χ0n) is 27.6. The number of ether oxygens (including phenoxy) is 3. The summed E-state index contributed by atoms with van der Waals surface area (Å²) in [5.41, 5.74) is 1.42. The Bertz CT molecular complexity index is 1170. The number of aryl methyl sites for hydroxylation is 1. The predicted octanol–water partition coefficient (Wildman–Crippen LogP) is 4.58. The first-order valence-corrected chi connectivity index (χ1v) is 16.2. The SMILES string of the molecule is CCOC(CN(Cc1ccc(F)c(N2CC(N3CCN(CC)CC3)C2)n1)C(=O)CCc1ccc(OC(C)(C)C)cc1)OCC. The number of carbonyl (C=O) groups is 1. The predicted molar refractivity (Wildman–Crippen MR) is 171 cm³/mol. The fraction of sp³-hybridized carbons (Fsp3) is 0.647. The largest absolute Gasteiger partial charge is 0.488 e. The van der Waals surface area contributed by atoms with Gasteiger partial charge in [0.15, 0.2) is 17.9 Å². The van der Waals surface area contributed by atoms with E-state index >= 15 is 0 Å². The molecule has 1 aromatic heterocycles. The molecule has 0 saturated carbocycles. The van der Waals surface area contributed by atoms with Crippen LogP contribution in [0.3, 0.4) is 0 Å². The Kier molecular flexibility index (Phi) is 12.4. The molecule has 0 atom stereocenters. The van der Waals surface area contributed by atoms with E-state index in [-0.39, 0.29) is 30.4 Å². The van der Waals surface area contributed by atoms with Crippen LogP contribution in [-0.4, -0.2) is 109 Å². The number of pyridine rings is 1. The zero-order valence-corrected chi connectivity index (χ0v) is 27.6. The van der Waals surface area contributed by atoms with Gasteiger partial charge in [-0.25, -0.2) is 9.37 Å². The van der Waals surface area contributed by atoms with Gasteiger partial charge in [-0.3, -0.25) is 9.69 Å². The van der Waals surface area contributed by atoms with Crippen molar-refractivity contribution in [3.8, 4) is 5.75 Å². The van der Waals surface area contributed by atoms with E-state index in [1.54, 1.807) is 11.0 Å². The quantitative estimate of drug-likeness (QED) is 0.271. The van der Waals surface area contributed by atoms with Gasteiger partial charge in [0.05, 0.1) is 18.8 Å². The molecular weight excluding hydrogens is 561 g/mol. The summed E-state index contributed by atoms with van der Waals surface area (Å²) in [7, 11) is 0. The van der Waals surface area contributed by atoms with Crippen LogP contribution in [0.5, 0.6) is 5.75 Å². The lowest BCUT2D eigenvalue weighted by Gasteiger charge is -2.48. The summed E-state index contributed by atoms with van der Waals surface area (Å²) in [5.74, 6) is 0.798. The average molecular weight is 614 g/mol. The molecule has 4 rings (SSSR count). The second-order valence-electron chi connectivity index (χ2n) is 12.6. The van der Waals surface area contributed by atoms with E-state index in [2.05, 4.69) is 16.7 Å². The van der Waals surface area contributed by atoms with Gasteiger partial charge >= 0.3 is 0 Å². The second-order valence-corrected chi connectivity index (χ2v) is 12.6. The number of anilines is 1. The third-order valence-electron chi connectivity index (χ3n) is 8.17. The minimum absolute atomic E-state index is 0.0349. The fourth-order valence-electron chi connectivity index (χ4n) is 5.73. The number of rotatable bonds is 15. The fourth-order valence-corrected chi connectivity index (χ4v) is 5.73. The Balaban J connectivity index is 1.40. The average Bonchev–Trinajstić information content (AvgIpc) is 2.97.